The van der Waals surface area contributed by atoms with Crippen LogP contribution in [0.1, 0.15) is 29.8 Å². The largest absolute Gasteiger partial charge is 0.356 e. The van der Waals surface area contributed by atoms with Gasteiger partial charge in [-0.25, -0.2) is 4.68 Å². The van der Waals surface area contributed by atoms with Crippen molar-refractivity contribution in [3.63, 3.8) is 0 Å². The van der Waals surface area contributed by atoms with Crippen molar-refractivity contribution < 1.29 is 9.32 Å². The zero-order valence-electron chi connectivity index (χ0n) is 15.6. The van der Waals surface area contributed by atoms with Gasteiger partial charge in [0.2, 0.25) is 5.91 Å². The summed E-state index contributed by atoms with van der Waals surface area (Å²) >= 11 is 0. The van der Waals surface area contributed by atoms with E-state index in [1.54, 1.807) is 10.7 Å². The Bertz CT molecular complexity index is 1090. The molecular formula is C21H22N4O3. The quantitative estimate of drug-likeness (QED) is 0.693. The molecule has 0 N–H and O–H groups in total. The number of benzene rings is 1. The minimum atomic E-state index is -0.0282. The Kier molecular flexibility index (Phi) is 4.22. The summed E-state index contributed by atoms with van der Waals surface area (Å²) in [6.07, 6.45) is 4.43. The predicted octanol–water partition coefficient (Wildman–Crippen LogP) is 1.96. The van der Waals surface area contributed by atoms with E-state index in [2.05, 4.69) is 10.3 Å². The highest BCUT2D eigenvalue weighted by molar-refractivity contribution is 5.86. The molecule has 3 heterocycles. The normalized spacial score (nSPS) is 16.8. The molecule has 3 aromatic rings. The Labute approximate surface area is 161 Å². The summed E-state index contributed by atoms with van der Waals surface area (Å²) in [4.78, 5) is 26.7. The van der Waals surface area contributed by atoms with Gasteiger partial charge in [0, 0.05) is 30.5 Å². The smallest absolute Gasteiger partial charge is 0.267 e. The molecule has 7 nitrogen and oxygen atoms in total. The van der Waals surface area contributed by atoms with Gasteiger partial charge >= 0.3 is 0 Å². The van der Waals surface area contributed by atoms with Crippen LogP contribution in [-0.4, -0.2) is 38.8 Å². The molecule has 0 atom stereocenters. The van der Waals surface area contributed by atoms with Crippen molar-refractivity contribution in [1.29, 1.82) is 0 Å². The fourth-order valence-electron chi connectivity index (χ4n) is 4.19. The number of nitrogens with zero attached hydrogens (tertiary/aromatic N) is 4. The third-order valence-corrected chi connectivity index (χ3v) is 5.79. The van der Waals surface area contributed by atoms with Crippen molar-refractivity contribution in [2.24, 2.45) is 5.92 Å². The van der Waals surface area contributed by atoms with Gasteiger partial charge in [-0.2, -0.15) is 5.10 Å². The maximum atomic E-state index is 12.6. The first-order chi connectivity index (χ1) is 13.7. The fraction of sp³-hybridized carbons (Fsp3) is 0.429. The highest BCUT2D eigenvalue weighted by atomic mass is 16.5. The SMILES string of the molecule is O=C(Cc1noc2ccccc12)N1CC(Cn2nc3c(cc2=O)CCCC3)C1. The van der Waals surface area contributed by atoms with E-state index >= 15 is 0 Å². The number of aryl methyl sites for hydroxylation is 2. The molecule has 1 saturated heterocycles. The lowest BCUT2D eigenvalue weighted by Gasteiger charge is -2.39. The molecule has 0 spiro atoms. The van der Waals surface area contributed by atoms with Crippen molar-refractivity contribution >= 4 is 16.9 Å². The second-order valence-electron chi connectivity index (χ2n) is 7.81. The number of aromatic nitrogens is 3. The van der Waals surface area contributed by atoms with Crippen LogP contribution in [-0.2, 0) is 30.6 Å². The van der Waals surface area contributed by atoms with Crippen LogP contribution in [0.3, 0.4) is 0 Å². The molecule has 7 heteroatoms. The van der Waals surface area contributed by atoms with E-state index in [0.717, 1.165) is 42.3 Å². The summed E-state index contributed by atoms with van der Waals surface area (Å²) in [6.45, 7) is 1.88. The maximum absolute atomic E-state index is 12.6. The molecule has 1 aliphatic carbocycles. The summed E-state index contributed by atoms with van der Waals surface area (Å²) in [5.74, 6) is 0.311. The number of hydrogen-bond acceptors (Lipinski definition) is 5. The monoisotopic (exact) mass is 378 g/mol. The average molecular weight is 378 g/mol. The lowest BCUT2D eigenvalue weighted by Crippen LogP contribution is -2.52. The first kappa shape index (κ1) is 17.2. The van der Waals surface area contributed by atoms with Crippen LogP contribution in [0.2, 0.25) is 0 Å². The summed E-state index contributed by atoms with van der Waals surface area (Å²) in [7, 11) is 0. The van der Waals surface area contributed by atoms with Gasteiger partial charge in [0.1, 0.15) is 5.69 Å². The first-order valence-electron chi connectivity index (χ1n) is 9.88. The van der Waals surface area contributed by atoms with Crippen molar-refractivity contribution in [2.75, 3.05) is 13.1 Å². The van der Waals surface area contributed by atoms with Gasteiger partial charge in [-0.3, -0.25) is 9.59 Å². The molecule has 0 unspecified atom stereocenters. The van der Waals surface area contributed by atoms with Gasteiger partial charge in [0.25, 0.3) is 5.56 Å². The van der Waals surface area contributed by atoms with Crippen molar-refractivity contribution in [3.05, 3.63) is 57.6 Å². The van der Waals surface area contributed by atoms with E-state index in [-0.39, 0.29) is 23.8 Å². The van der Waals surface area contributed by atoms with E-state index in [9.17, 15) is 9.59 Å². The Morgan fingerprint density at radius 2 is 2.00 bits per heavy atom. The molecule has 1 fully saturated rings. The Morgan fingerprint density at radius 1 is 1.18 bits per heavy atom. The average Bonchev–Trinajstić information content (AvgIpc) is 3.07. The first-order valence-corrected chi connectivity index (χ1v) is 9.88. The topological polar surface area (TPSA) is 81.2 Å². The molecule has 0 bridgehead atoms. The zero-order chi connectivity index (χ0) is 19.1. The van der Waals surface area contributed by atoms with Crippen LogP contribution in [0, 0.1) is 5.92 Å². The van der Waals surface area contributed by atoms with Crippen LogP contribution >= 0.6 is 0 Å². The van der Waals surface area contributed by atoms with E-state index < -0.39 is 0 Å². The van der Waals surface area contributed by atoms with Gasteiger partial charge in [-0.05, 0) is 43.4 Å². The third-order valence-electron chi connectivity index (χ3n) is 5.79. The van der Waals surface area contributed by atoms with Crippen LogP contribution in [0.25, 0.3) is 11.0 Å². The molecule has 1 aliphatic heterocycles. The van der Waals surface area contributed by atoms with Crippen LogP contribution in [0.15, 0.2) is 39.6 Å². The van der Waals surface area contributed by atoms with E-state index in [1.165, 1.54) is 0 Å². The number of hydrogen-bond donors (Lipinski definition) is 0. The Balaban J connectivity index is 1.21. The van der Waals surface area contributed by atoms with Crippen LogP contribution in [0.5, 0.6) is 0 Å². The maximum Gasteiger partial charge on any atom is 0.267 e. The molecule has 1 amide bonds. The number of carbonyl (C=O) groups is 1. The number of rotatable bonds is 4. The Hall–Kier alpha value is -2.96. The number of para-hydroxylation sites is 1. The minimum absolute atomic E-state index is 0.0282. The van der Waals surface area contributed by atoms with E-state index in [4.69, 9.17) is 4.52 Å². The second-order valence-corrected chi connectivity index (χ2v) is 7.81. The van der Waals surface area contributed by atoms with Gasteiger partial charge in [0.15, 0.2) is 5.58 Å². The summed E-state index contributed by atoms with van der Waals surface area (Å²) in [6, 6.07) is 9.31. The predicted molar refractivity (Wildman–Crippen MR) is 103 cm³/mol. The molecule has 5 rings (SSSR count). The second kappa shape index (κ2) is 6.89. The molecule has 144 valence electrons. The fourth-order valence-corrected chi connectivity index (χ4v) is 4.19. The molecule has 2 aliphatic rings. The summed E-state index contributed by atoms with van der Waals surface area (Å²) in [5, 5.41) is 9.50. The Morgan fingerprint density at radius 3 is 2.89 bits per heavy atom. The molecule has 0 radical (unpaired) electrons. The number of carbonyl (C=O) groups excluding carboxylic acids is 1. The minimum Gasteiger partial charge on any atom is -0.356 e. The van der Waals surface area contributed by atoms with Gasteiger partial charge in [-0.15, -0.1) is 0 Å². The van der Waals surface area contributed by atoms with Gasteiger partial charge < -0.3 is 9.42 Å². The highest BCUT2D eigenvalue weighted by Crippen LogP contribution is 2.22. The number of likely N-dealkylation sites (tertiary alicyclic amines) is 1. The van der Waals surface area contributed by atoms with Crippen LogP contribution in [0.4, 0.5) is 0 Å². The van der Waals surface area contributed by atoms with Gasteiger partial charge in [-0.1, -0.05) is 17.3 Å². The summed E-state index contributed by atoms with van der Waals surface area (Å²) < 4.78 is 6.86. The van der Waals surface area contributed by atoms with Crippen molar-refractivity contribution in [1.82, 2.24) is 19.8 Å². The number of amides is 1. The van der Waals surface area contributed by atoms with E-state index in [1.807, 2.05) is 29.2 Å². The zero-order valence-corrected chi connectivity index (χ0v) is 15.6. The van der Waals surface area contributed by atoms with Crippen LogP contribution < -0.4 is 5.56 Å². The molecule has 2 aromatic heterocycles. The van der Waals surface area contributed by atoms with E-state index in [0.29, 0.717) is 30.9 Å². The molecule has 1 aromatic carbocycles. The standard InChI is InChI=1S/C21H22N4O3/c26-20(10-18-16-6-2-4-8-19(16)28-23-18)24-11-14(12-24)13-25-21(27)9-15-5-1-3-7-17(15)22-25/h2,4,6,8-9,14H,1,3,5,7,10-13H2. The number of fused-ring (bicyclic) bond motifs is 2. The molecule has 0 saturated carbocycles. The summed E-state index contributed by atoms with van der Waals surface area (Å²) in [5.41, 5.74) is 3.52. The van der Waals surface area contributed by atoms with Gasteiger partial charge in [0.05, 0.1) is 18.7 Å². The highest BCUT2D eigenvalue weighted by Gasteiger charge is 2.32. The van der Waals surface area contributed by atoms with Crippen molar-refractivity contribution in [2.45, 2.75) is 38.6 Å². The molecule has 28 heavy (non-hydrogen) atoms. The lowest BCUT2D eigenvalue weighted by molar-refractivity contribution is -0.137. The lowest BCUT2D eigenvalue weighted by atomic mass is 9.96. The molecular weight excluding hydrogens is 356 g/mol. The third kappa shape index (κ3) is 3.10. The van der Waals surface area contributed by atoms with Crippen molar-refractivity contribution in [3.8, 4) is 0 Å².